The second-order valence-electron chi connectivity index (χ2n) is 9.61. The Labute approximate surface area is 185 Å². The van der Waals surface area contributed by atoms with Crippen molar-refractivity contribution in [2.75, 3.05) is 26.7 Å². The van der Waals surface area contributed by atoms with Crippen LogP contribution in [0.25, 0.3) is 0 Å². The molecule has 31 heavy (non-hydrogen) atoms. The maximum atomic E-state index is 12.7. The standard InChI is InChI=1S/C27H33N3O/c1-19-27(24-15-21-7-3-4-8-22(21)16-24)28-26(31)18-30(19)17-23-9-5-6-10-25(23)20-11-13-29(2)14-12-20/h3-10,20,24,27H,1,11-18H2,2H3,(H,28,31). The van der Waals surface area contributed by atoms with Crippen molar-refractivity contribution in [3.8, 4) is 0 Å². The lowest BCUT2D eigenvalue weighted by molar-refractivity contribution is -0.124. The van der Waals surface area contributed by atoms with E-state index in [-0.39, 0.29) is 11.9 Å². The van der Waals surface area contributed by atoms with Gasteiger partial charge in [0, 0.05) is 12.2 Å². The zero-order chi connectivity index (χ0) is 21.4. The predicted molar refractivity (Wildman–Crippen MR) is 125 cm³/mol. The first kappa shape index (κ1) is 20.3. The molecule has 5 rings (SSSR count). The smallest absolute Gasteiger partial charge is 0.240 e. The highest BCUT2D eigenvalue weighted by Crippen LogP contribution is 2.35. The number of piperidine rings is 1. The fourth-order valence-electron chi connectivity index (χ4n) is 5.75. The summed E-state index contributed by atoms with van der Waals surface area (Å²) in [5, 5.41) is 3.26. The summed E-state index contributed by atoms with van der Waals surface area (Å²) in [6, 6.07) is 17.5. The summed E-state index contributed by atoms with van der Waals surface area (Å²) in [6.45, 7) is 7.95. The third-order valence-corrected chi connectivity index (χ3v) is 7.54. The summed E-state index contributed by atoms with van der Waals surface area (Å²) in [7, 11) is 2.21. The molecule has 2 saturated heterocycles. The maximum Gasteiger partial charge on any atom is 0.240 e. The lowest BCUT2D eigenvalue weighted by Gasteiger charge is -2.40. The van der Waals surface area contributed by atoms with E-state index in [0.717, 1.165) is 38.2 Å². The molecular formula is C27H33N3O. The molecule has 3 aliphatic rings. The summed E-state index contributed by atoms with van der Waals surface area (Å²) in [4.78, 5) is 17.3. The molecule has 4 heteroatoms. The van der Waals surface area contributed by atoms with Gasteiger partial charge in [0.15, 0.2) is 0 Å². The van der Waals surface area contributed by atoms with Crippen LogP contribution in [0.2, 0.25) is 0 Å². The van der Waals surface area contributed by atoms with Gasteiger partial charge in [0.25, 0.3) is 0 Å². The highest BCUT2D eigenvalue weighted by atomic mass is 16.2. The minimum atomic E-state index is 0.0177. The molecule has 1 aliphatic carbocycles. The number of piperazine rings is 1. The number of likely N-dealkylation sites (tertiary alicyclic amines) is 1. The Balaban J connectivity index is 1.33. The van der Waals surface area contributed by atoms with Crippen LogP contribution in [0.5, 0.6) is 0 Å². The number of carbonyl (C=O) groups is 1. The van der Waals surface area contributed by atoms with Crippen molar-refractivity contribution in [1.82, 2.24) is 15.1 Å². The van der Waals surface area contributed by atoms with Gasteiger partial charge >= 0.3 is 0 Å². The van der Waals surface area contributed by atoms with E-state index in [9.17, 15) is 4.79 Å². The van der Waals surface area contributed by atoms with Gasteiger partial charge in [-0.05, 0) is 79.9 Å². The largest absolute Gasteiger partial charge is 0.360 e. The van der Waals surface area contributed by atoms with Crippen LogP contribution in [-0.4, -0.2) is 48.4 Å². The van der Waals surface area contributed by atoms with Gasteiger partial charge < -0.3 is 15.1 Å². The molecule has 4 nitrogen and oxygen atoms in total. The van der Waals surface area contributed by atoms with Crippen molar-refractivity contribution in [3.05, 3.63) is 83.1 Å². The fourth-order valence-corrected chi connectivity index (χ4v) is 5.75. The number of hydrogen-bond acceptors (Lipinski definition) is 3. The highest BCUT2D eigenvalue weighted by Gasteiger charge is 2.36. The van der Waals surface area contributed by atoms with Crippen LogP contribution in [0, 0.1) is 5.92 Å². The lowest BCUT2D eigenvalue weighted by atomic mass is 9.86. The number of hydrogen-bond donors (Lipinski definition) is 1. The molecular weight excluding hydrogens is 382 g/mol. The molecule has 1 unspecified atom stereocenters. The number of nitrogens with one attached hydrogen (secondary N) is 1. The monoisotopic (exact) mass is 415 g/mol. The Hall–Kier alpha value is -2.59. The predicted octanol–water partition coefficient (Wildman–Crippen LogP) is 3.72. The SMILES string of the molecule is C=C1C(C2Cc3ccccc3C2)NC(=O)CN1Cc1ccccc1C1CCN(C)CC1. The third kappa shape index (κ3) is 4.14. The minimum absolute atomic E-state index is 0.0177. The Morgan fingerprint density at radius 2 is 1.65 bits per heavy atom. The summed E-state index contributed by atoms with van der Waals surface area (Å²) in [5.41, 5.74) is 6.70. The van der Waals surface area contributed by atoms with Crippen LogP contribution in [0.4, 0.5) is 0 Å². The van der Waals surface area contributed by atoms with Crippen LogP contribution in [-0.2, 0) is 24.2 Å². The molecule has 0 radical (unpaired) electrons. The summed E-state index contributed by atoms with van der Waals surface area (Å²) in [6.07, 6.45) is 4.44. The van der Waals surface area contributed by atoms with Crippen molar-refractivity contribution in [1.29, 1.82) is 0 Å². The second kappa shape index (κ2) is 8.51. The Kier molecular flexibility index (Phi) is 5.58. The van der Waals surface area contributed by atoms with Gasteiger partial charge in [-0.15, -0.1) is 0 Å². The van der Waals surface area contributed by atoms with E-state index >= 15 is 0 Å². The molecule has 162 valence electrons. The molecule has 0 aromatic heterocycles. The van der Waals surface area contributed by atoms with Gasteiger partial charge in [-0.3, -0.25) is 4.79 Å². The number of nitrogens with zero attached hydrogens (tertiary/aromatic N) is 2. The molecule has 0 saturated carbocycles. The van der Waals surface area contributed by atoms with E-state index in [2.05, 4.69) is 77.3 Å². The summed E-state index contributed by atoms with van der Waals surface area (Å²) in [5.74, 6) is 1.12. The number of fused-ring (bicyclic) bond motifs is 1. The number of rotatable bonds is 4. The van der Waals surface area contributed by atoms with Crippen LogP contribution in [0.15, 0.2) is 60.8 Å². The van der Waals surface area contributed by atoms with Gasteiger partial charge in [-0.25, -0.2) is 0 Å². The molecule has 2 aliphatic heterocycles. The fraction of sp³-hybridized carbons (Fsp3) is 0.444. The molecule has 1 N–H and O–H groups in total. The molecule has 2 aromatic rings. The van der Waals surface area contributed by atoms with Crippen LogP contribution in [0.1, 0.15) is 41.0 Å². The second-order valence-corrected chi connectivity index (χ2v) is 9.61. The van der Waals surface area contributed by atoms with Gasteiger partial charge in [0.1, 0.15) is 0 Å². The summed E-state index contributed by atoms with van der Waals surface area (Å²) >= 11 is 0. The maximum absolute atomic E-state index is 12.7. The highest BCUT2D eigenvalue weighted by molar-refractivity contribution is 5.80. The lowest BCUT2D eigenvalue weighted by Crippen LogP contribution is -2.54. The Morgan fingerprint density at radius 3 is 2.35 bits per heavy atom. The molecule has 2 aromatic carbocycles. The minimum Gasteiger partial charge on any atom is -0.360 e. The average molecular weight is 416 g/mol. The van der Waals surface area contributed by atoms with Gasteiger partial charge in [0.2, 0.25) is 5.91 Å². The number of amides is 1. The van der Waals surface area contributed by atoms with E-state index in [1.165, 1.54) is 35.1 Å². The van der Waals surface area contributed by atoms with Crippen molar-refractivity contribution in [3.63, 3.8) is 0 Å². The molecule has 2 fully saturated rings. The molecule has 1 amide bonds. The van der Waals surface area contributed by atoms with Crippen molar-refractivity contribution < 1.29 is 4.79 Å². The van der Waals surface area contributed by atoms with Gasteiger partial charge in [0.05, 0.1) is 12.6 Å². The first-order valence-electron chi connectivity index (χ1n) is 11.6. The molecule has 0 spiro atoms. The van der Waals surface area contributed by atoms with Crippen molar-refractivity contribution in [2.24, 2.45) is 5.92 Å². The van der Waals surface area contributed by atoms with Crippen molar-refractivity contribution in [2.45, 2.75) is 44.2 Å². The van der Waals surface area contributed by atoms with Crippen LogP contribution >= 0.6 is 0 Å². The third-order valence-electron chi connectivity index (χ3n) is 7.54. The van der Waals surface area contributed by atoms with E-state index in [1.807, 2.05) is 0 Å². The zero-order valence-corrected chi connectivity index (χ0v) is 18.5. The normalized spacial score (nSPS) is 23.1. The Bertz CT molecular complexity index is 951. The topological polar surface area (TPSA) is 35.6 Å². The van der Waals surface area contributed by atoms with E-state index < -0.39 is 0 Å². The zero-order valence-electron chi connectivity index (χ0n) is 18.5. The Morgan fingerprint density at radius 1 is 1.00 bits per heavy atom. The average Bonchev–Trinajstić information content (AvgIpc) is 3.21. The van der Waals surface area contributed by atoms with Gasteiger partial charge in [-0.2, -0.15) is 0 Å². The number of benzene rings is 2. The first-order valence-corrected chi connectivity index (χ1v) is 11.6. The van der Waals surface area contributed by atoms with Gasteiger partial charge in [-0.1, -0.05) is 55.1 Å². The van der Waals surface area contributed by atoms with Crippen LogP contribution in [0.3, 0.4) is 0 Å². The first-order chi connectivity index (χ1) is 15.1. The van der Waals surface area contributed by atoms with Crippen LogP contribution < -0.4 is 5.32 Å². The van der Waals surface area contributed by atoms with E-state index in [1.54, 1.807) is 0 Å². The van der Waals surface area contributed by atoms with E-state index in [0.29, 0.717) is 18.4 Å². The molecule has 0 bridgehead atoms. The number of carbonyl (C=O) groups excluding carboxylic acids is 1. The van der Waals surface area contributed by atoms with Crippen molar-refractivity contribution >= 4 is 5.91 Å². The quantitative estimate of drug-likeness (QED) is 0.827. The molecule has 1 atom stereocenters. The summed E-state index contributed by atoms with van der Waals surface area (Å²) < 4.78 is 0. The van der Waals surface area contributed by atoms with E-state index in [4.69, 9.17) is 0 Å². The molecule has 2 heterocycles.